The van der Waals surface area contributed by atoms with Crippen molar-refractivity contribution in [2.75, 3.05) is 45.3 Å². The van der Waals surface area contributed by atoms with Gasteiger partial charge in [0.2, 0.25) is 5.75 Å². The van der Waals surface area contributed by atoms with Gasteiger partial charge in [0.25, 0.3) is 0 Å². The van der Waals surface area contributed by atoms with Gasteiger partial charge >= 0.3 is 5.97 Å². The molecule has 1 aliphatic rings. The molecule has 8 heteroatoms. The van der Waals surface area contributed by atoms with E-state index >= 15 is 0 Å². The fourth-order valence-electron chi connectivity index (χ4n) is 3.95. The highest BCUT2D eigenvalue weighted by atomic mass is 35.5. The number of carbonyl (C=O) groups is 1. The van der Waals surface area contributed by atoms with Gasteiger partial charge in [0.1, 0.15) is 0 Å². The lowest BCUT2D eigenvalue weighted by Gasteiger charge is -2.36. The van der Waals surface area contributed by atoms with Gasteiger partial charge in [0.05, 0.1) is 19.8 Å². The molecule has 1 saturated heterocycles. The SMILES string of the molecule is COc1ccc(CN2CCN(c3ccccc3)CC2)c(OC(=O)c2ccccc2)c1OC.Cl.Cl. The Morgan fingerprint density at radius 3 is 1.97 bits per heavy atom. The Bertz CT molecular complexity index is 1040. The van der Waals surface area contributed by atoms with Crippen LogP contribution in [0.25, 0.3) is 0 Å². The molecule has 1 heterocycles. The van der Waals surface area contributed by atoms with Crippen LogP contribution in [0, 0.1) is 0 Å². The second-order valence-corrected chi connectivity index (χ2v) is 7.64. The number of ether oxygens (including phenoxy) is 3. The van der Waals surface area contributed by atoms with Crippen LogP contribution in [0.2, 0.25) is 0 Å². The van der Waals surface area contributed by atoms with Gasteiger partial charge in [-0.05, 0) is 30.3 Å². The van der Waals surface area contributed by atoms with Crippen LogP contribution in [0.3, 0.4) is 0 Å². The van der Waals surface area contributed by atoms with E-state index in [4.69, 9.17) is 14.2 Å². The standard InChI is InChI=1S/C26H28N2O4.2ClH/c1-30-23-14-13-21(19-27-15-17-28(18-16-27)22-11-7-4-8-12-22)24(25(23)31-2)32-26(29)20-9-5-3-6-10-20;;/h3-14H,15-19H2,1-2H3;2*1H. The molecule has 0 unspecified atom stereocenters. The van der Waals surface area contributed by atoms with E-state index in [1.54, 1.807) is 26.4 Å². The molecule has 0 atom stereocenters. The quantitative estimate of drug-likeness (QED) is 0.330. The molecule has 0 amide bonds. The highest BCUT2D eigenvalue weighted by Gasteiger charge is 2.24. The molecule has 4 rings (SSSR count). The minimum atomic E-state index is -0.424. The Hall–Kier alpha value is -2.93. The highest BCUT2D eigenvalue weighted by Crippen LogP contribution is 2.41. The maximum absolute atomic E-state index is 12.8. The van der Waals surface area contributed by atoms with Crippen molar-refractivity contribution in [1.29, 1.82) is 0 Å². The van der Waals surface area contributed by atoms with Crippen molar-refractivity contribution in [2.24, 2.45) is 0 Å². The first-order chi connectivity index (χ1) is 15.7. The predicted octanol–water partition coefficient (Wildman–Crippen LogP) is 5.09. The molecular weight excluding hydrogens is 475 g/mol. The van der Waals surface area contributed by atoms with E-state index in [2.05, 4.69) is 34.1 Å². The largest absolute Gasteiger partial charge is 0.493 e. The maximum atomic E-state index is 12.8. The van der Waals surface area contributed by atoms with Crippen molar-refractivity contribution in [3.05, 3.63) is 83.9 Å². The number of nitrogens with zero attached hydrogens (tertiary/aromatic N) is 2. The Morgan fingerprint density at radius 2 is 1.38 bits per heavy atom. The summed E-state index contributed by atoms with van der Waals surface area (Å²) in [5.74, 6) is 0.941. The van der Waals surface area contributed by atoms with Crippen LogP contribution in [0.4, 0.5) is 5.69 Å². The van der Waals surface area contributed by atoms with Crippen molar-refractivity contribution < 1.29 is 19.0 Å². The first-order valence-electron chi connectivity index (χ1n) is 10.7. The lowest BCUT2D eigenvalue weighted by Crippen LogP contribution is -2.46. The Kier molecular flexibility index (Phi) is 10.5. The van der Waals surface area contributed by atoms with E-state index in [0.717, 1.165) is 31.7 Å². The van der Waals surface area contributed by atoms with Crippen LogP contribution in [0.5, 0.6) is 17.2 Å². The molecule has 3 aromatic rings. The smallest absolute Gasteiger partial charge is 0.343 e. The molecule has 3 aromatic carbocycles. The number of methoxy groups -OCH3 is 2. The summed E-state index contributed by atoms with van der Waals surface area (Å²) >= 11 is 0. The third-order valence-electron chi connectivity index (χ3n) is 5.67. The fourth-order valence-corrected chi connectivity index (χ4v) is 3.95. The van der Waals surface area contributed by atoms with Gasteiger partial charge in [0, 0.05) is 44.0 Å². The number of rotatable bonds is 7. The molecule has 1 fully saturated rings. The molecule has 0 aliphatic carbocycles. The molecule has 0 spiro atoms. The second kappa shape index (κ2) is 13.1. The first-order valence-corrected chi connectivity index (χ1v) is 10.7. The molecule has 0 aromatic heterocycles. The third kappa shape index (κ3) is 6.35. The summed E-state index contributed by atoms with van der Waals surface area (Å²) in [5.41, 5.74) is 2.62. The van der Waals surface area contributed by atoms with Gasteiger partial charge in [0.15, 0.2) is 11.5 Å². The number of piperazine rings is 1. The normalized spacial score (nSPS) is 13.3. The lowest BCUT2D eigenvalue weighted by atomic mass is 10.1. The van der Waals surface area contributed by atoms with Crippen molar-refractivity contribution in [2.45, 2.75) is 6.54 Å². The second-order valence-electron chi connectivity index (χ2n) is 7.64. The molecular formula is C26H30Cl2N2O4. The van der Waals surface area contributed by atoms with E-state index in [-0.39, 0.29) is 24.8 Å². The number of para-hydroxylation sites is 1. The first kappa shape index (κ1) is 27.3. The van der Waals surface area contributed by atoms with Crippen LogP contribution in [0.1, 0.15) is 15.9 Å². The number of hydrogen-bond acceptors (Lipinski definition) is 6. The summed E-state index contributed by atoms with van der Waals surface area (Å²) in [4.78, 5) is 17.5. The van der Waals surface area contributed by atoms with Gasteiger partial charge in [-0.3, -0.25) is 4.90 Å². The summed E-state index contributed by atoms with van der Waals surface area (Å²) in [6.45, 7) is 4.36. The lowest BCUT2D eigenvalue weighted by molar-refractivity contribution is 0.0725. The average Bonchev–Trinajstić information content (AvgIpc) is 2.86. The summed E-state index contributed by atoms with van der Waals surface area (Å²) in [5, 5.41) is 0. The highest BCUT2D eigenvalue weighted by molar-refractivity contribution is 5.91. The van der Waals surface area contributed by atoms with E-state index in [1.807, 2.05) is 36.4 Å². The van der Waals surface area contributed by atoms with Crippen LogP contribution < -0.4 is 19.1 Å². The van der Waals surface area contributed by atoms with Crippen molar-refractivity contribution >= 4 is 36.5 Å². The Balaban J connectivity index is 0.00000204. The minimum Gasteiger partial charge on any atom is -0.493 e. The molecule has 0 bridgehead atoms. The van der Waals surface area contributed by atoms with Crippen molar-refractivity contribution in [3.63, 3.8) is 0 Å². The van der Waals surface area contributed by atoms with E-state index < -0.39 is 5.97 Å². The zero-order valence-corrected chi connectivity index (χ0v) is 20.9. The van der Waals surface area contributed by atoms with Gasteiger partial charge in [-0.2, -0.15) is 0 Å². The summed E-state index contributed by atoms with van der Waals surface area (Å²) < 4.78 is 16.9. The summed E-state index contributed by atoms with van der Waals surface area (Å²) in [7, 11) is 3.13. The molecule has 6 nitrogen and oxygen atoms in total. The molecule has 0 radical (unpaired) electrons. The van der Waals surface area contributed by atoms with Crippen molar-refractivity contribution in [1.82, 2.24) is 4.90 Å². The van der Waals surface area contributed by atoms with Gasteiger partial charge < -0.3 is 19.1 Å². The van der Waals surface area contributed by atoms with E-state index in [1.165, 1.54) is 5.69 Å². The van der Waals surface area contributed by atoms with Gasteiger partial charge in [-0.15, -0.1) is 24.8 Å². The minimum absolute atomic E-state index is 0. The number of carbonyl (C=O) groups excluding carboxylic acids is 1. The summed E-state index contributed by atoms with van der Waals surface area (Å²) in [6, 6.07) is 23.2. The predicted molar refractivity (Wildman–Crippen MR) is 139 cm³/mol. The number of halogens is 2. The summed E-state index contributed by atoms with van der Waals surface area (Å²) in [6.07, 6.45) is 0. The zero-order chi connectivity index (χ0) is 22.3. The number of esters is 1. The third-order valence-corrected chi connectivity index (χ3v) is 5.67. The molecule has 182 valence electrons. The van der Waals surface area contributed by atoms with Gasteiger partial charge in [-0.25, -0.2) is 4.79 Å². The van der Waals surface area contributed by atoms with E-state index in [9.17, 15) is 4.79 Å². The van der Waals surface area contributed by atoms with Crippen LogP contribution in [-0.4, -0.2) is 51.3 Å². The molecule has 34 heavy (non-hydrogen) atoms. The molecule has 0 N–H and O–H groups in total. The fraction of sp³-hybridized carbons (Fsp3) is 0.269. The van der Waals surface area contributed by atoms with Gasteiger partial charge in [-0.1, -0.05) is 42.5 Å². The van der Waals surface area contributed by atoms with Crippen molar-refractivity contribution in [3.8, 4) is 17.2 Å². The topological polar surface area (TPSA) is 51.2 Å². The van der Waals surface area contributed by atoms with Crippen LogP contribution >= 0.6 is 24.8 Å². The number of hydrogen-bond donors (Lipinski definition) is 0. The Labute approximate surface area is 213 Å². The number of anilines is 1. The van der Waals surface area contributed by atoms with Crippen LogP contribution in [-0.2, 0) is 6.54 Å². The molecule has 1 aliphatic heterocycles. The molecule has 0 saturated carbocycles. The number of benzene rings is 3. The zero-order valence-electron chi connectivity index (χ0n) is 19.3. The maximum Gasteiger partial charge on any atom is 0.343 e. The van der Waals surface area contributed by atoms with Crippen LogP contribution in [0.15, 0.2) is 72.8 Å². The average molecular weight is 505 g/mol. The monoisotopic (exact) mass is 504 g/mol. The Morgan fingerprint density at radius 1 is 0.765 bits per heavy atom. The van der Waals surface area contributed by atoms with E-state index in [0.29, 0.717) is 29.4 Å².